The van der Waals surface area contributed by atoms with Crippen LogP contribution in [0, 0.1) is 0 Å². The molecule has 1 N–H and O–H groups in total. The van der Waals surface area contributed by atoms with E-state index in [1.54, 1.807) is 13.2 Å². The fourth-order valence-corrected chi connectivity index (χ4v) is 3.06. The van der Waals surface area contributed by atoms with Crippen molar-refractivity contribution in [1.29, 1.82) is 0 Å². The number of guanidine groups is 1. The van der Waals surface area contributed by atoms with E-state index in [-0.39, 0.29) is 0 Å². The molecule has 152 valence electrons. The Morgan fingerprint density at radius 3 is 2.72 bits per heavy atom. The highest BCUT2D eigenvalue weighted by Crippen LogP contribution is 2.15. The molecule has 0 saturated heterocycles. The normalized spacial score (nSPS) is 11.3. The average molecular weight is 412 g/mol. The number of likely N-dealkylation sites (N-methyl/N-ethyl adjacent to an activating group) is 1. The molecule has 0 saturated carbocycles. The summed E-state index contributed by atoms with van der Waals surface area (Å²) in [5, 5.41) is 4.11. The number of hydrogen-bond acceptors (Lipinski definition) is 3. The summed E-state index contributed by atoms with van der Waals surface area (Å²) in [6.45, 7) is 2.78. The molecule has 6 nitrogen and oxygen atoms in total. The summed E-state index contributed by atoms with van der Waals surface area (Å²) < 4.78 is 7.82. The van der Waals surface area contributed by atoms with Crippen LogP contribution in [-0.4, -0.2) is 47.7 Å². The van der Waals surface area contributed by atoms with Crippen molar-refractivity contribution in [3.63, 3.8) is 0 Å². The van der Waals surface area contributed by atoms with Gasteiger partial charge in [0.25, 0.3) is 0 Å². The van der Waals surface area contributed by atoms with E-state index in [1.807, 2.05) is 48.7 Å². The molecule has 0 aliphatic heterocycles. The smallest absolute Gasteiger partial charge is 0.193 e. The first-order valence-corrected chi connectivity index (χ1v) is 9.85. The van der Waals surface area contributed by atoms with Crippen LogP contribution in [0.2, 0.25) is 5.02 Å². The first-order chi connectivity index (χ1) is 14.1. The molecule has 0 aliphatic carbocycles. The van der Waals surface area contributed by atoms with E-state index < -0.39 is 0 Å². The molecular weight excluding hydrogens is 386 g/mol. The largest absolute Gasteiger partial charge is 0.492 e. The number of nitrogens with zero attached hydrogens (tertiary/aromatic N) is 4. The monoisotopic (exact) mass is 411 g/mol. The van der Waals surface area contributed by atoms with Gasteiger partial charge in [-0.05, 0) is 35.4 Å². The standard InChI is InChI=1S/C22H26ClN5O/c1-24-22(27(2)12-13-29-21-8-6-20(23)7-9-21)26-15-18-4-3-5-19(14-18)16-28-11-10-25-17-28/h3-11,14,17H,12-13,15-16H2,1-2H3,(H,24,26). The minimum Gasteiger partial charge on any atom is -0.492 e. The van der Waals surface area contributed by atoms with E-state index in [2.05, 4.69) is 44.1 Å². The van der Waals surface area contributed by atoms with Crippen LogP contribution in [0.4, 0.5) is 0 Å². The lowest BCUT2D eigenvalue weighted by atomic mass is 10.1. The Bertz CT molecular complexity index is 909. The molecule has 1 heterocycles. The maximum Gasteiger partial charge on any atom is 0.193 e. The second-order valence-electron chi connectivity index (χ2n) is 6.68. The van der Waals surface area contributed by atoms with Crippen molar-refractivity contribution in [3.8, 4) is 5.75 Å². The Morgan fingerprint density at radius 2 is 2.00 bits per heavy atom. The van der Waals surface area contributed by atoms with Gasteiger partial charge in [0.1, 0.15) is 12.4 Å². The van der Waals surface area contributed by atoms with Crippen molar-refractivity contribution in [2.24, 2.45) is 4.99 Å². The van der Waals surface area contributed by atoms with Gasteiger partial charge < -0.3 is 19.5 Å². The Morgan fingerprint density at radius 1 is 1.21 bits per heavy atom. The molecule has 2 aromatic carbocycles. The molecule has 3 rings (SSSR count). The maximum atomic E-state index is 5.89. The number of rotatable bonds is 8. The molecule has 0 amide bonds. The van der Waals surface area contributed by atoms with Crippen molar-refractivity contribution < 1.29 is 4.74 Å². The molecule has 0 bridgehead atoms. The number of imidazole rings is 1. The summed E-state index contributed by atoms with van der Waals surface area (Å²) in [6.07, 6.45) is 5.59. The topological polar surface area (TPSA) is 54.7 Å². The van der Waals surface area contributed by atoms with Crippen molar-refractivity contribution in [3.05, 3.63) is 83.4 Å². The lowest BCUT2D eigenvalue weighted by molar-refractivity contribution is 0.281. The molecule has 3 aromatic rings. The molecule has 0 aliphatic rings. The minimum absolute atomic E-state index is 0.555. The number of hydrogen-bond donors (Lipinski definition) is 1. The van der Waals surface area contributed by atoms with Gasteiger partial charge in [-0.15, -0.1) is 0 Å². The Labute approximate surface area is 176 Å². The van der Waals surface area contributed by atoms with E-state index in [4.69, 9.17) is 16.3 Å². The van der Waals surface area contributed by atoms with Gasteiger partial charge in [0, 0.05) is 44.6 Å². The van der Waals surface area contributed by atoms with Gasteiger partial charge in [-0.3, -0.25) is 4.99 Å². The van der Waals surface area contributed by atoms with Crippen LogP contribution in [0.3, 0.4) is 0 Å². The minimum atomic E-state index is 0.555. The third-order valence-electron chi connectivity index (χ3n) is 4.45. The molecule has 0 unspecified atom stereocenters. The second-order valence-corrected chi connectivity index (χ2v) is 7.12. The van der Waals surface area contributed by atoms with Crippen molar-refractivity contribution >= 4 is 17.6 Å². The SMILES string of the molecule is CN=C(NCc1cccc(Cn2ccnc2)c1)N(C)CCOc1ccc(Cl)cc1. The van der Waals surface area contributed by atoms with Crippen molar-refractivity contribution in [2.75, 3.05) is 27.2 Å². The lowest BCUT2D eigenvalue weighted by Crippen LogP contribution is -2.40. The van der Waals surface area contributed by atoms with Crippen molar-refractivity contribution in [2.45, 2.75) is 13.1 Å². The molecule has 0 radical (unpaired) electrons. The number of nitrogens with one attached hydrogen (secondary N) is 1. The molecule has 0 atom stereocenters. The zero-order chi connectivity index (χ0) is 20.5. The van der Waals surface area contributed by atoms with Gasteiger partial charge in [0.2, 0.25) is 0 Å². The van der Waals surface area contributed by atoms with Gasteiger partial charge in [0.05, 0.1) is 12.9 Å². The number of ether oxygens (including phenoxy) is 1. The summed E-state index contributed by atoms with van der Waals surface area (Å²) in [5.41, 5.74) is 2.44. The highest BCUT2D eigenvalue weighted by Gasteiger charge is 2.06. The van der Waals surface area contributed by atoms with Crippen LogP contribution in [0.15, 0.2) is 72.2 Å². The van der Waals surface area contributed by atoms with Crippen LogP contribution < -0.4 is 10.1 Å². The van der Waals surface area contributed by atoms with Crippen LogP contribution in [0.1, 0.15) is 11.1 Å². The molecule has 29 heavy (non-hydrogen) atoms. The predicted octanol–water partition coefficient (Wildman–Crippen LogP) is 3.67. The van der Waals surface area contributed by atoms with E-state index in [9.17, 15) is 0 Å². The van der Waals surface area contributed by atoms with E-state index in [1.165, 1.54) is 11.1 Å². The Kier molecular flexibility index (Phi) is 7.53. The Balaban J connectivity index is 1.47. The first kappa shape index (κ1) is 20.7. The third-order valence-corrected chi connectivity index (χ3v) is 4.70. The van der Waals surface area contributed by atoms with Crippen LogP contribution in [-0.2, 0) is 13.1 Å². The molecule has 1 aromatic heterocycles. The number of benzene rings is 2. The van der Waals surface area contributed by atoms with Gasteiger partial charge >= 0.3 is 0 Å². The highest BCUT2D eigenvalue weighted by atomic mass is 35.5. The number of aromatic nitrogens is 2. The highest BCUT2D eigenvalue weighted by molar-refractivity contribution is 6.30. The summed E-state index contributed by atoms with van der Waals surface area (Å²) in [7, 11) is 3.78. The van der Waals surface area contributed by atoms with Gasteiger partial charge in [-0.25, -0.2) is 4.98 Å². The summed E-state index contributed by atoms with van der Waals surface area (Å²) >= 11 is 5.89. The van der Waals surface area contributed by atoms with Gasteiger partial charge in [0.15, 0.2) is 5.96 Å². The quantitative estimate of drug-likeness (QED) is 0.454. The van der Waals surface area contributed by atoms with E-state index in [0.29, 0.717) is 24.7 Å². The molecule has 0 spiro atoms. The van der Waals surface area contributed by atoms with Crippen LogP contribution in [0.5, 0.6) is 5.75 Å². The lowest BCUT2D eigenvalue weighted by Gasteiger charge is -2.22. The molecule has 0 fully saturated rings. The van der Waals surface area contributed by atoms with Crippen LogP contribution >= 0.6 is 11.6 Å². The van der Waals surface area contributed by atoms with Crippen LogP contribution in [0.25, 0.3) is 0 Å². The zero-order valence-corrected chi connectivity index (χ0v) is 17.5. The third kappa shape index (κ3) is 6.54. The maximum absolute atomic E-state index is 5.89. The predicted molar refractivity (Wildman–Crippen MR) is 118 cm³/mol. The zero-order valence-electron chi connectivity index (χ0n) is 16.8. The second kappa shape index (κ2) is 10.5. The number of halogens is 1. The summed E-state index contributed by atoms with van der Waals surface area (Å²) in [6, 6.07) is 15.9. The van der Waals surface area contributed by atoms with Gasteiger partial charge in [-0.1, -0.05) is 35.9 Å². The van der Waals surface area contributed by atoms with E-state index >= 15 is 0 Å². The molecular formula is C22H26ClN5O. The van der Waals surface area contributed by atoms with Gasteiger partial charge in [-0.2, -0.15) is 0 Å². The average Bonchev–Trinajstić information content (AvgIpc) is 3.23. The first-order valence-electron chi connectivity index (χ1n) is 9.48. The fourth-order valence-electron chi connectivity index (χ4n) is 2.93. The summed E-state index contributed by atoms with van der Waals surface area (Å²) in [5.74, 6) is 1.63. The van der Waals surface area contributed by atoms with Crippen molar-refractivity contribution in [1.82, 2.24) is 19.8 Å². The number of aliphatic imine (C=N–C) groups is 1. The molecule has 7 heteroatoms. The summed E-state index contributed by atoms with van der Waals surface area (Å²) in [4.78, 5) is 10.5. The Hall–Kier alpha value is -2.99. The fraction of sp³-hybridized carbons (Fsp3) is 0.273. The van der Waals surface area contributed by atoms with E-state index in [0.717, 1.165) is 18.3 Å².